The maximum atomic E-state index is 4.43. The lowest BCUT2D eigenvalue weighted by Gasteiger charge is -2.10. The van der Waals surface area contributed by atoms with Crippen molar-refractivity contribution in [2.75, 3.05) is 17.2 Å². The van der Waals surface area contributed by atoms with Crippen LogP contribution >= 0.6 is 0 Å². The first kappa shape index (κ1) is 14.1. The van der Waals surface area contributed by atoms with E-state index in [0.717, 1.165) is 18.1 Å². The Morgan fingerprint density at radius 1 is 1.15 bits per heavy atom. The predicted octanol–water partition coefficient (Wildman–Crippen LogP) is 3.30. The van der Waals surface area contributed by atoms with Crippen molar-refractivity contribution in [3.8, 4) is 0 Å². The van der Waals surface area contributed by atoms with Gasteiger partial charge in [0.1, 0.15) is 5.82 Å². The molecule has 104 valence electrons. The third kappa shape index (κ3) is 3.82. The van der Waals surface area contributed by atoms with Gasteiger partial charge in [-0.2, -0.15) is 4.98 Å². The summed E-state index contributed by atoms with van der Waals surface area (Å²) in [5.74, 6) is 1.45. The van der Waals surface area contributed by atoms with Crippen LogP contribution in [0.25, 0.3) is 0 Å². The van der Waals surface area contributed by atoms with E-state index in [2.05, 4.69) is 46.2 Å². The van der Waals surface area contributed by atoms with Crippen molar-refractivity contribution in [3.63, 3.8) is 0 Å². The number of anilines is 2. The number of aromatic nitrogens is 2. The van der Waals surface area contributed by atoms with Gasteiger partial charge in [0.05, 0.1) is 0 Å². The summed E-state index contributed by atoms with van der Waals surface area (Å²) in [6.07, 6.45) is 1.80. The summed E-state index contributed by atoms with van der Waals surface area (Å²) < 4.78 is 0. The molecular weight excluding hydrogens is 248 g/mol. The first-order valence-electron chi connectivity index (χ1n) is 6.68. The van der Waals surface area contributed by atoms with Gasteiger partial charge in [-0.05, 0) is 25.0 Å². The van der Waals surface area contributed by atoms with Crippen LogP contribution in [-0.4, -0.2) is 16.5 Å². The van der Waals surface area contributed by atoms with Crippen LogP contribution in [-0.2, 0) is 6.54 Å². The molecule has 1 heterocycles. The summed E-state index contributed by atoms with van der Waals surface area (Å²) in [5, 5.41) is 6.45. The molecule has 1 aromatic carbocycles. The van der Waals surface area contributed by atoms with Crippen molar-refractivity contribution in [2.24, 2.45) is 0 Å². The van der Waals surface area contributed by atoms with Crippen molar-refractivity contribution in [1.29, 1.82) is 0 Å². The quantitative estimate of drug-likeness (QED) is 0.789. The van der Waals surface area contributed by atoms with Crippen molar-refractivity contribution in [1.82, 2.24) is 9.97 Å². The molecule has 2 aromatic rings. The van der Waals surface area contributed by atoms with Gasteiger partial charge < -0.3 is 10.6 Å². The smallest absolute Gasteiger partial charge is 0.225 e. The lowest BCUT2D eigenvalue weighted by molar-refractivity contribution is 1.02. The molecule has 0 aliphatic heterocycles. The zero-order valence-corrected chi connectivity index (χ0v) is 12.0. The molecule has 0 unspecified atom stereocenters. The second kappa shape index (κ2) is 6.70. The molecule has 0 radical (unpaired) electrons. The summed E-state index contributed by atoms with van der Waals surface area (Å²) >= 11 is 0. The minimum atomic E-state index is 0.639. The van der Waals surface area contributed by atoms with Crippen molar-refractivity contribution in [3.05, 3.63) is 59.8 Å². The Labute approximate surface area is 120 Å². The number of rotatable bonds is 6. The van der Waals surface area contributed by atoms with Crippen LogP contribution < -0.4 is 10.6 Å². The van der Waals surface area contributed by atoms with Gasteiger partial charge in [-0.3, -0.25) is 0 Å². The second-order valence-electron chi connectivity index (χ2n) is 4.67. The van der Waals surface area contributed by atoms with E-state index in [1.165, 1.54) is 11.1 Å². The lowest BCUT2D eigenvalue weighted by Crippen LogP contribution is -2.08. The molecule has 2 N–H and O–H groups in total. The molecule has 0 atom stereocenters. The third-order valence-electron chi connectivity index (χ3n) is 2.98. The number of benzene rings is 1. The van der Waals surface area contributed by atoms with Crippen LogP contribution in [0.5, 0.6) is 0 Å². The highest BCUT2D eigenvalue weighted by atomic mass is 15.1. The van der Waals surface area contributed by atoms with Crippen LogP contribution in [0.1, 0.15) is 16.8 Å². The average molecular weight is 268 g/mol. The summed E-state index contributed by atoms with van der Waals surface area (Å²) in [6, 6.07) is 10.2. The number of hydrogen-bond donors (Lipinski definition) is 2. The highest BCUT2D eigenvalue weighted by Crippen LogP contribution is 2.12. The fourth-order valence-corrected chi connectivity index (χ4v) is 1.90. The minimum absolute atomic E-state index is 0.639. The van der Waals surface area contributed by atoms with Gasteiger partial charge in [-0.1, -0.05) is 30.3 Å². The molecule has 0 bridgehead atoms. The van der Waals surface area contributed by atoms with E-state index in [1.807, 2.05) is 25.1 Å². The standard InChI is InChI=1S/C16H20N4/c1-4-9-17-15-10-13(3)19-16(20-15)18-11-14-8-6-5-7-12(14)2/h4-8,10H,1,9,11H2,2-3H3,(H2,17,18,19,20). The van der Waals surface area contributed by atoms with Gasteiger partial charge in [0, 0.05) is 24.8 Å². The lowest BCUT2D eigenvalue weighted by atomic mass is 10.1. The van der Waals surface area contributed by atoms with Gasteiger partial charge in [0.2, 0.25) is 5.95 Å². The Morgan fingerprint density at radius 3 is 2.70 bits per heavy atom. The largest absolute Gasteiger partial charge is 0.366 e. The number of hydrogen-bond acceptors (Lipinski definition) is 4. The first-order chi connectivity index (χ1) is 9.69. The Kier molecular flexibility index (Phi) is 4.71. The van der Waals surface area contributed by atoms with Gasteiger partial charge in [0.25, 0.3) is 0 Å². The molecule has 0 saturated heterocycles. The molecule has 2 rings (SSSR count). The number of nitrogens with zero attached hydrogens (tertiary/aromatic N) is 2. The maximum absolute atomic E-state index is 4.43. The highest BCUT2D eigenvalue weighted by Gasteiger charge is 2.02. The van der Waals surface area contributed by atoms with E-state index in [4.69, 9.17) is 0 Å². The van der Waals surface area contributed by atoms with Gasteiger partial charge in [0.15, 0.2) is 0 Å². The molecule has 0 aliphatic rings. The molecule has 0 fully saturated rings. The normalized spacial score (nSPS) is 10.1. The Balaban J connectivity index is 2.07. The Morgan fingerprint density at radius 2 is 1.95 bits per heavy atom. The summed E-state index contributed by atoms with van der Waals surface area (Å²) in [6.45, 7) is 9.15. The topological polar surface area (TPSA) is 49.8 Å². The molecule has 0 spiro atoms. The maximum Gasteiger partial charge on any atom is 0.225 e. The fraction of sp³-hybridized carbons (Fsp3) is 0.250. The van der Waals surface area contributed by atoms with Crippen molar-refractivity contribution in [2.45, 2.75) is 20.4 Å². The zero-order valence-electron chi connectivity index (χ0n) is 12.0. The fourth-order valence-electron chi connectivity index (χ4n) is 1.90. The van der Waals surface area contributed by atoms with E-state index >= 15 is 0 Å². The van der Waals surface area contributed by atoms with Gasteiger partial charge in [-0.25, -0.2) is 4.98 Å². The molecule has 20 heavy (non-hydrogen) atoms. The molecule has 1 aromatic heterocycles. The second-order valence-corrected chi connectivity index (χ2v) is 4.67. The van der Waals surface area contributed by atoms with Gasteiger partial charge in [-0.15, -0.1) is 6.58 Å². The summed E-state index contributed by atoms with van der Waals surface area (Å²) in [4.78, 5) is 8.83. The molecule has 0 amide bonds. The highest BCUT2D eigenvalue weighted by molar-refractivity contribution is 5.43. The van der Waals surface area contributed by atoms with E-state index in [-0.39, 0.29) is 0 Å². The molecular formula is C16H20N4. The van der Waals surface area contributed by atoms with E-state index in [9.17, 15) is 0 Å². The van der Waals surface area contributed by atoms with Crippen LogP contribution in [0.4, 0.5) is 11.8 Å². The van der Waals surface area contributed by atoms with E-state index in [1.54, 1.807) is 6.08 Å². The molecule has 4 heteroatoms. The number of aryl methyl sites for hydroxylation is 2. The number of nitrogens with one attached hydrogen (secondary N) is 2. The monoisotopic (exact) mass is 268 g/mol. The summed E-state index contributed by atoms with van der Waals surface area (Å²) in [7, 11) is 0. The average Bonchev–Trinajstić information content (AvgIpc) is 2.44. The van der Waals surface area contributed by atoms with E-state index in [0.29, 0.717) is 12.5 Å². The van der Waals surface area contributed by atoms with Crippen LogP contribution in [0.2, 0.25) is 0 Å². The third-order valence-corrected chi connectivity index (χ3v) is 2.98. The minimum Gasteiger partial charge on any atom is -0.366 e. The molecule has 4 nitrogen and oxygen atoms in total. The van der Waals surface area contributed by atoms with Crippen molar-refractivity contribution < 1.29 is 0 Å². The Bertz CT molecular complexity index is 593. The molecule has 0 saturated carbocycles. The van der Waals surface area contributed by atoms with Crippen molar-refractivity contribution >= 4 is 11.8 Å². The Hall–Kier alpha value is -2.36. The molecule has 0 aliphatic carbocycles. The van der Waals surface area contributed by atoms with E-state index < -0.39 is 0 Å². The summed E-state index contributed by atoms with van der Waals surface area (Å²) in [5.41, 5.74) is 3.44. The predicted molar refractivity (Wildman–Crippen MR) is 84.0 cm³/mol. The van der Waals surface area contributed by atoms with Crippen LogP contribution in [0.15, 0.2) is 43.0 Å². The van der Waals surface area contributed by atoms with Gasteiger partial charge >= 0.3 is 0 Å². The zero-order chi connectivity index (χ0) is 14.4. The SMILES string of the molecule is C=CCNc1cc(C)nc(NCc2ccccc2C)n1. The van der Waals surface area contributed by atoms with Crippen LogP contribution in [0.3, 0.4) is 0 Å². The van der Waals surface area contributed by atoms with Crippen LogP contribution in [0, 0.1) is 13.8 Å². The first-order valence-corrected chi connectivity index (χ1v) is 6.68.